The zero-order valence-corrected chi connectivity index (χ0v) is 19.8. The predicted octanol–water partition coefficient (Wildman–Crippen LogP) is 3.62. The molecule has 0 saturated heterocycles. The van der Waals surface area contributed by atoms with Crippen LogP contribution < -0.4 is 15.4 Å². The zero-order valence-electron chi connectivity index (χ0n) is 17.5. The summed E-state index contributed by atoms with van der Waals surface area (Å²) in [6.45, 7) is 6.37. The fourth-order valence-corrected chi connectivity index (χ4v) is 2.93. The van der Waals surface area contributed by atoms with Crippen LogP contribution in [-0.4, -0.2) is 51.7 Å². The average Bonchev–Trinajstić information content (AvgIpc) is 3.16. The van der Waals surface area contributed by atoms with E-state index in [-0.39, 0.29) is 30.0 Å². The largest absolute Gasteiger partial charge is 0.496 e. The van der Waals surface area contributed by atoms with E-state index in [1.807, 2.05) is 32.3 Å². The number of benzene rings is 1. The Bertz CT molecular complexity index is 717. The number of hydrogen-bond acceptors (Lipinski definition) is 4. The predicted molar refractivity (Wildman–Crippen MR) is 126 cm³/mol. The normalized spacial score (nSPS) is 12.4. The number of aryl methyl sites for hydroxylation is 1. The van der Waals surface area contributed by atoms with Crippen molar-refractivity contribution in [3.8, 4) is 5.75 Å². The van der Waals surface area contributed by atoms with Crippen LogP contribution in [0.25, 0.3) is 0 Å². The fourth-order valence-electron chi connectivity index (χ4n) is 2.93. The van der Waals surface area contributed by atoms with Crippen LogP contribution in [0.3, 0.4) is 0 Å². The minimum absolute atomic E-state index is 0. The molecule has 0 aliphatic carbocycles. The smallest absolute Gasteiger partial charge is 0.191 e. The van der Waals surface area contributed by atoms with Crippen LogP contribution in [0.5, 0.6) is 5.75 Å². The summed E-state index contributed by atoms with van der Waals surface area (Å²) in [5, 5.41) is 6.72. The van der Waals surface area contributed by atoms with E-state index >= 15 is 0 Å². The number of nitrogens with zero attached hydrogens (tertiary/aromatic N) is 2. The number of furan rings is 1. The van der Waals surface area contributed by atoms with Gasteiger partial charge in [0.2, 0.25) is 0 Å². The summed E-state index contributed by atoms with van der Waals surface area (Å²) >= 11 is 0. The number of ether oxygens (including phenoxy) is 1. The Morgan fingerprint density at radius 2 is 2.04 bits per heavy atom. The van der Waals surface area contributed by atoms with E-state index in [9.17, 15) is 0 Å². The molecule has 1 heterocycles. The third-order valence-corrected chi connectivity index (χ3v) is 4.38. The van der Waals surface area contributed by atoms with Crippen LogP contribution in [0, 0.1) is 6.92 Å². The lowest BCUT2D eigenvalue weighted by molar-refractivity contribution is 0.265. The summed E-state index contributed by atoms with van der Waals surface area (Å²) in [6, 6.07) is 10.3. The summed E-state index contributed by atoms with van der Waals surface area (Å²) < 4.78 is 11.0. The molecule has 0 bridgehead atoms. The van der Waals surface area contributed by atoms with Gasteiger partial charge >= 0.3 is 0 Å². The maximum Gasteiger partial charge on any atom is 0.191 e. The molecule has 1 aromatic heterocycles. The van der Waals surface area contributed by atoms with Crippen molar-refractivity contribution in [2.45, 2.75) is 26.3 Å². The van der Waals surface area contributed by atoms with E-state index in [0.717, 1.165) is 37.0 Å². The summed E-state index contributed by atoms with van der Waals surface area (Å²) in [4.78, 5) is 6.86. The fraction of sp³-hybridized carbons (Fsp3) is 0.476. The molecule has 0 spiro atoms. The lowest BCUT2D eigenvalue weighted by Crippen LogP contribution is -2.39. The van der Waals surface area contributed by atoms with Gasteiger partial charge in [-0.3, -0.25) is 9.89 Å². The molecule has 7 heteroatoms. The Kier molecular flexibility index (Phi) is 11.0. The molecule has 0 fully saturated rings. The van der Waals surface area contributed by atoms with Crippen molar-refractivity contribution >= 4 is 29.9 Å². The van der Waals surface area contributed by atoms with Crippen LogP contribution in [0.4, 0.5) is 0 Å². The van der Waals surface area contributed by atoms with Crippen molar-refractivity contribution < 1.29 is 9.15 Å². The highest BCUT2D eigenvalue weighted by Gasteiger charge is 2.16. The molecule has 2 rings (SSSR count). The van der Waals surface area contributed by atoms with Gasteiger partial charge in [-0.05, 0) is 58.1 Å². The molecule has 1 unspecified atom stereocenters. The van der Waals surface area contributed by atoms with E-state index in [0.29, 0.717) is 6.54 Å². The molecule has 6 nitrogen and oxygen atoms in total. The second-order valence-corrected chi connectivity index (χ2v) is 6.71. The Hall–Kier alpha value is -1.74. The van der Waals surface area contributed by atoms with E-state index in [1.165, 1.54) is 11.1 Å². The van der Waals surface area contributed by atoms with Crippen LogP contribution in [0.2, 0.25) is 0 Å². The molecule has 0 radical (unpaired) electrons. The first-order valence-electron chi connectivity index (χ1n) is 9.40. The lowest BCUT2D eigenvalue weighted by Gasteiger charge is -2.21. The van der Waals surface area contributed by atoms with E-state index in [4.69, 9.17) is 14.1 Å². The molecule has 0 saturated carbocycles. The molecule has 28 heavy (non-hydrogen) atoms. The molecule has 156 valence electrons. The third kappa shape index (κ3) is 7.35. The minimum Gasteiger partial charge on any atom is -0.496 e. The van der Waals surface area contributed by atoms with E-state index in [1.54, 1.807) is 13.4 Å². The van der Waals surface area contributed by atoms with Crippen molar-refractivity contribution in [3.05, 3.63) is 53.5 Å². The van der Waals surface area contributed by atoms with Gasteiger partial charge in [0.05, 0.1) is 26.0 Å². The number of aliphatic imine (C=N–C) groups is 1. The summed E-state index contributed by atoms with van der Waals surface area (Å²) in [5.74, 6) is 2.65. The molecule has 1 aromatic carbocycles. The Labute approximate surface area is 185 Å². The first-order valence-corrected chi connectivity index (χ1v) is 9.40. The maximum absolute atomic E-state index is 5.56. The topological polar surface area (TPSA) is 62.0 Å². The highest BCUT2D eigenvalue weighted by atomic mass is 127. The monoisotopic (exact) mass is 500 g/mol. The van der Waals surface area contributed by atoms with Crippen molar-refractivity contribution in [1.82, 2.24) is 15.5 Å². The number of guanidine groups is 1. The van der Waals surface area contributed by atoms with Gasteiger partial charge in [0.1, 0.15) is 11.5 Å². The third-order valence-electron chi connectivity index (χ3n) is 4.38. The number of halogens is 1. The first kappa shape index (κ1) is 24.3. The van der Waals surface area contributed by atoms with Crippen LogP contribution >= 0.6 is 24.0 Å². The number of rotatable bonds is 9. The highest BCUT2D eigenvalue weighted by molar-refractivity contribution is 14.0. The van der Waals surface area contributed by atoms with Crippen LogP contribution in [0.1, 0.15) is 29.9 Å². The van der Waals surface area contributed by atoms with Gasteiger partial charge in [-0.1, -0.05) is 17.7 Å². The van der Waals surface area contributed by atoms with Gasteiger partial charge in [0.15, 0.2) is 5.96 Å². The molecule has 2 aromatic rings. The molecule has 1 atom stereocenters. The Morgan fingerprint density at radius 3 is 2.64 bits per heavy atom. The summed E-state index contributed by atoms with van der Waals surface area (Å²) in [7, 11) is 5.78. The number of likely N-dealkylation sites (N-methyl/N-ethyl adjacent to an activating group) is 1. The van der Waals surface area contributed by atoms with Gasteiger partial charge in [-0.25, -0.2) is 0 Å². The van der Waals surface area contributed by atoms with Gasteiger partial charge in [-0.15, -0.1) is 24.0 Å². The lowest BCUT2D eigenvalue weighted by atomic mass is 10.1. The second kappa shape index (κ2) is 12.7. The quantitative estimate of drug-likeness (QED) is 0.313. The number of nitrogens with one attached hydrogen (secondary N) is 2. The van der Waals surface area contributed by atoms with E-state index in [2.05, 4.69) is 41.5 Å². The number of methoxy groups -OCH3 is 1. The molecular weight excluding hydrogens is 467 g/mol. The molecular formula is C21H33IN4O2. The van der Waals surface area contributed by atoms with Crippen LogP contribution in [-0.2, 0) is 6.42 Å². The Balaban J connectivity index is 0.00000392. The molecule has 0 aliphatic rings. The minimum atomic E-state index is 0. The zero-order chi connectivity index (χ0) is 19.6. The van der Waals surface area contributed by atoms with Gasteiger partial charge in [-0.2, -0.15) is 0 Å². The van der Waals surface area contributed by atoms with Gasteiger partial charge in [0.25, 0.3) is 0 Å². The first-order chi connectivity index (χ1) is 13.0. The second-order valence-electron chi connectivity index (χ2n) is 6.71. The van der Waals surface area contributed by atoms with E-state index < -0.39 is 0 Å². The van der Waals surface area contributed by atoms with Crippen molar-refractivity contribution in [2.24, 2.45) is 4.99 Å². The highest BCUT2D eigenvalue weighted by Crippen LogP contribution is 2.20. The summed E-state index contributed by atoms with van der Waals surface area (Å²) in [6.07, 6.45) is 2.57. The average molecular weight is 500 g/mol. The van der Waals surface area contributed by atoms with Crippen molar-refractivity contribution in [2.75, 3.05) is 40.8 Å². The standard InChI is InChI=1S/C21H32N4O2.HI/c1-6-22-21(24-15-18(25(3)4)20-8-7-13-27-20)23-12-11-17-14-16(2)9-10-19(17)26-5;/h7-10,13-14,18H,6,11-12,15H2,1-5H3,(H2,22,23,24);1H. The van der Waals surface area contributed by atoms with Gasteiger partial charge in [0, 0.05) is 13.1 Å². The SMILES string of the molecule is CCNC(=NCC(c1ccco1)N(C)C)NCCc1cc(C)ccc1OC.I. The summed E-state index contributed by atoms with van der Waals surface area (Å²) in [5.41, 5.74) is 2.43. The number of hydrogen-bond donors (Lipinski definition) is 2. The van der Waals surface area contributed by atoms with Crippen molar-refractivity contribution in [3.63, 3.8) is 0 Å². The van der Waals surface area contributed by atoms with Gasteiger partial charge < -0.3 is 19.8 Å². The Morgan fingerprint density at radius 1 is 1.25 bits per heavy atom. The van der Waals surface area contributed by atoms with Crippen molar-refractivity contribution in [1.29, 1.82) is 0 Å². The maximum atomic E-state index is 5.56. The van der Waals surface area contributed by atoms with Crippen LogP contribution in [0.15, 0.2) is 46.0 Å². The molecule has 2 N–H and O–H groups in total. The molecule has 0 aliphatic heterocycles. The molecule has 0 amide bonds.